The standard InChI is InChI=1S/C12H12N2O3S/c1-7-8(2)18-10(13-7)6-14-4-3-9(12(16)17)5-11(14)15/h3-5H,6H2,1-2H3,(H,16,17). The van der Waals surface area contributed by atoms with Crippen molar-refractivity contribution in [3.63, 3.8) is 0 Å². The van der Waals surface area contributed by atoms with E-state index >= 15 is 0 Å². The van der Waals surface area contributed by atoms with E-state index in [0.29, 0.717) is 6.54 Å². The Labute approximate surface area is 107 Å². The molecule has 6 heteroatoms. The molecule has 0 bridgehead atoms. The number of carboxylic acid groups (broad SMARTS) is 1. The quantitative estimate of drug-likeness (QED) is 0.915. The summed E-state index contributed by atoms with van der Waals surface area (Å²) in [6, 6.07) is 2.53. The second kappa shape index (κ2) is 4.73. The van der Waals surface area contributed by atoms with E-state index in [9.17, 15) is 9.59 Å². The van der Waals surface area contributed by atoms with Gasteiger partial charge in [0.15, 0.2) is 0 Å². The number of thiazole rings is 1. The van der Waals surface area contributed by atoms with Gasteiger partial charge >= 0.3 is 5.97 Å². The van der Waals surface area contributed by atoms with Crippen molar-refractivity contribution < 1.29 is 9.90 Å². The Hall–Kier alpha value is -1.95. The third-order valence-electron chi connectivity index (χ3n) is 2.62. The molecule has 0 amide bonds. The van der Waals surface area contributed by atoms with Crippen LogP contribution in [0.2, 0.25) is 0 Å². The minimum absolute atomic E-state index is 0.00255. The number of carboxylic acids is 1. The molecule has 0 aliphatic rings. The third kappa shape index (κ3) is 2.48. The number of nitrogens with zero attached hydrogens (tertiary/aromatic N) is 2. The van der Waals surface area contributed by atoms with E-state index in [1.165, 1.54) is 16.8 Å². The Morgan fingerprint density at radius 1 is 1.50 bits per heavy atom. The summed E-state index contributed by atoms with van der Waals surface area (Å²) in [6.07, 6.45) is 1.48. The maximum Gasteiger partial charge on any atom is 0.335 e. The predicted molar refractivity (Wildman–Crippen MR) is 68.4 cm³/mol. The number of carbonyl (C=O) groups is 1. The Kier molecular flexibility index (Phi) is 3.29. The summed E-state index contributed by atoms with van der Waals surface area (Å²) in [5.74, 6) is -1.10. The molecule has 0 aliphatic heterocycles. The number of aromatic carboxylic acids is 1. The van der Waals surface area contributed by atoms with Gasteiger partial charge in [-0.3, -0.25) is 4.79 Å². The van der Waals surface area contributed by atoms with E-state index in [4.69, 9.17) is 5.11 Å². The predicted octanol–water partition coefficient (Wildman–Crippen LogP) is 1.67. The van der Waals surface area contributed by atoms with Crippen molar-refractivity contribution in [2.75, 3.05) is 0 Å². The van der Waals surface area contributed by atoms with E-state index in [0.717, 1.165) is 21.6 Å². The smallest absolute Gasteiger partial charge is 0.335 e. The molecule has 2 rings (SSSR count). The zero-order valence-electron chi connectivity index (χ0n) is 10.0. The molecular weight excluding hydrogens is 252 g/mol. The minimum atomic E-state index is -1.10. The minimum Gasteiger partial charge on any atom is -0.478 e. The molecular formula is C12H12N2O3S. The molecule has 18 heavy (non-hydrogen) atoms. The molecule has 0 spiro atoms. The first-order chi connectivity index (χ1) is 8.47. The van der Waals surface area contributed by atoms with Gasteiger partial charge in [-0.2, -0.15) is 0 Å². The van der Waals surface area contributed by atoms with Crippen LogP contribution in [0.15, 0.2) is 23.1 Å². The number of aryl methyl sites for hydroxylation is 2. The number of hydrogen-bond donors (Lipinski definition) is 1. The second-order valence-electron chi connectivity index (χ2n) is 3.94. The SMILES string of the molecule is Cc1nc(Cn2ccc(C(=O)O)cc2=O)sc1C. The first-order valence-electron chi connectivity index (χ1n) is 5.34. The van der Waals surface area contributed by atoms with Crippen LogP contribution in [0, 0.1) is 13.8 Å². The van der Waals surface area contributed by atoms with Crippen LogP contribution in [-0.2, 0) is 6.54 Å². The molecule has 0 radical (unpaired) electrons. The summed E-state index contributed by atoms with van der Waals surface area (Å²) in [5.41, 5.74) is 0.633. The van der Waals surface area contributed by atoms with Crippen molar-refractivity contribution >= 4 is 17.3 Å². The van der Waals surface area contributed by atoms with Gasteiger partial charge in [-0.05, 0) is 19.9 Å². The summed E-state index contributed by atoms with van der Waals surface area (Å²) < 4.78 is 1.45. The Morgan fingerprint density at radius 3 is 2.72 bits per heavy atom. The molecule has 0 aliphatic carbocycles. The fourth-order valence-corrected chi connectivity index (χ4v) is 2.46. The average molecular weight is 264 g/mol. The van der Waals surface area contributed by atoms with Crippen molar-refractivity contribution in [1.29, 1.82) is 0 Å². The van der Waals surface area contributed by atoms with E-state index in [1.54, 1.807) is 11.3 Å². The molecule has 1 N–H and O–H groups in total. The molecule has 5 nitrogen and oxygen atoms in total. The Bertz CT molecular complexity index is 638. The van der Waals surface area contributed by atoms with E-state index in [-0.39, 0.29) is 11.1 Å². The fourth-order valence-electron chi connectivity index (χ4n) is 1.52. The van der Waals surface area contributed by atoms with Gasteiger partial charge in [0.1, 0.15) is 5.01 Å². The van der Waals surface area contributed by atoms with Gasteiger partial charge in [0.2, 0.25) is 0 Å². The molecule has 0 aromatic carbocycles. The highest BCUT2D eigenvalue weighted by molar-refractivity contribution is 7.11. The first-order valence-corrected chi connectivity index (χ1v) is 6.15. The van der Waals surface area contributed by atoms with Gasteiger partial charge in [0, 0.05) is 17.1 Å². The first kappa shape index (κ1) is 12.5. The number of rotatable bonds is 3. The van der Waals surface area contributed by atoms with E-state index < -0.39 is 5.97 Å². The zero-order valence-corrected chi connectivity index (χ0v) is 10.8. The van der Waals surface area contributed by atoms with Crippen LogP contribution in [0.4, 0.5) is 0 Å². The van der Waals surface area contributed by atoms with Crippen molar-refractivity contribution in [3.05, 3.63) is 49.8 Å². The summed E-state index contributed by atoms with van der Waals surface area (Å²) in [5, 5.41) is 9.61. The van der Waals surface area contributed by atoms with Gasteiger partial charge in [-0.25, -0.2) is 9.78 Å². The molecule has 2 heterocycles. The molecule has 0 saturated carbocycles. The van der Waals surface area contributed by atoms with Crippen LogP contribution in [0.5, 0.6) is 0 Å². The van der Waals surface area contributed by atoms with Gasteiger partial charge in [0.25, 0.3) is 5.56 Å². The molecule has 0 fully saturated rings. The van der Waals surface area contributed by atoms with Crippen LogP contribution in [0.3, 0.4) is 0 Å². The average Bonchev–Trinajstić information content (AvgIpc) is 2.61. The Balaban J connectivity index is 2.30. The van der Waals surface area contributed by atoms with Crippen LogP contribution in [0.25, 0.3) is 0 Å². The van der Waals surface area contributed by atoms with Crippen molar-refractivity contribution in [3.8, 4) is 0 Å². The van der Waals surface area contributed by atoms with Gasteiger partial charge < -0.3 is 9.67 Å². The number of pyridine rings is 1. The van der Waals surface area contributed by atoms with Crippen LogP contribution >= 0.6 is 11.3 Å². The fraction of sp³-hybridized carbons (Fsp3) is 0.250. The lowest BCUT2D eigenvalue weighted by Crippen LogP contribution is -2.20. The molecule has 0 unspecified atom stereocenters. The summed E-state index contributed by atoms with van der Waals surface area (Å²) >= 11 is 1.54. The molecule has 2 aromatic heterocycles. The van der Waals surface area contributed by atoms with Crippen molar-refractivity contribution in [1.82, 2.24) is 9.55 Å². The third-order valence-corrected chi connectivity index (χ3v) is 3.68. The lowest BCUT2D eigenvalue weighted by molar-refractivity contribution is 0.0696. The van der Waals surface area contributed by atoms with E-state index in [1.807, 2.05) is 13.8 Å². The maximum absolute atomic E-state index is 11.7. The number of hydrogen-bond acceptors (Lipinski definition) is 4. The van der Waals surface area contributed by atoms with Crippen LogP contribution < -0.4 is 5.56 Å². The van der Waals surface area contributed by atoms with Gasteiger partial charge in [-0.15, -0.1) is 11.3 Å². The molecule has 94 valence electrons. The van der Waals surface area contributed by atoms with Gasteiger partial charge in [0.05, 0.1) is 17.8 Å². The lowest BCUT2D eigenvalue weighted by atomic mass is 10.3. The van der Waals surface area contributed by atoms with Crippen LogP contribution in [-0.4, -0.2) is 20.6 Å². The second-order valence-corrected chi connectivity index (χ2v) is 5.22. The highest BCUT2D eigenvalue weighted by Crippen LogP contribution is 2.16. The van der Waals surface area contributed by atoms with Crippen LogP contribution in [0.1, 0.15) is 25.9 Å². The van der Waals surface area contributed by atoms with Crippen molar-refractivity contribution in [2.24, 2.45) is 0 Å². The Morgan fingerprint density at radius 2 is 2.22 bits per heavy atom. The number of aromatic nitrogens is 2. The molecule has 0 atom stereocenters. The largest absolute Gasteiger partial charge is 0.478 e. The maximum atomic E-state index is 11.7. The molecule has 0 saturated heterocycles. The highest BCUT2D eigenvalue weighted by atomic mass is 32.1. The highest BCUT2D eigenvalue weighted by Gasteiger charge is 2.08. The topological polar surface area (TPSA) is 72.2 Å². The summed E-state index contributed by atoms with van der Waals surface area (Å²) in [4.78, 5) is 27.9. The summed E-state index contributed by atoms with van der Waals surface area (Å²) in [7, 11) is 0. The monoisotopic (exact) mass is 264 g/mol. The van der Waals surface area contributed by atoms with E-state index in [2.05, 4.69) is 4.98 Å². The molecule has 2 aromatic rings. The zero-order chi connectivity index (χ0) is 13.3. The van der Waals surface area contributed by atoms with Gasteiger partial charge in [-0.1, -0.05) is 0 Å². The summed E-state index contributed by atoms with van der Waals surface area (Å²) in [6.45, 7) is 4.27. The van der Waals surface area contributed by atoms with Crippen molar-refractivity contribution in [2.45, 2.75) is 20.4 Å². The lowest BCUT2D eigenvalue weighted by Gasteiger charge is -2.02. The normalized spacial score (nSPS) is 10.6.